The van der Waals surface area contributed by atoms with Crippen molar-refractivity contribution < 1.29 is 23.5 Å². The molecule has 0 saturated carbocycles. The molecule has 1 atom stereocenters. The molecule has 0 N–H and O–H groups in total. The molecule has 0 radical (unpaired) electrons. The molecule has 0 aliphatic carbocycles. The number of nitrogens with zero attached hydrogens (tertiary/aromatic N) is 3. The van der Waals surface area contributed by atoms with Crippen LogP contribution in [0, 0.1) is 0 Å². The largest absolute Gasteiger partial charge is 0.487 e. The predicted octanol–water partition coefficient (Wildman–Crippen LogP) is 3.88. The molecular formula is C26H27N3O5. The maximum absolute atomic E-state index is 12.5. The first kappa shape index (κ1) is 23.3. The smallest absolute Gasteiger partial charge is 0.417 e. The van der Waals surface area contributed by atoms with Crippen LogP contribution < -0.4 is 4.74 Å². The molecular weight excluding hydrogens is 434 g/mol. The van der Waals surface area contributed by atoms with Gasteiger partial charge < -0.3 is 18.8 Å². The minimum Gasteiger partial charge on any atom is -0.487 e. The Hall–Kier alpha value is -3.91. The first-order chi connectivity index (χ1) is 16.5. The van der Waals surface area contributed by atoms with Crippen molar-refractivity contribution in [3.8, 4) is 5.75 Å². The number of cyclic esters (lactones) is 1. The monoisotopic (exact) mass is 461 g/mol. The summed E-state index contributed by atoms with van der Waals surface area (Å²) in [6, 6.07) is 17.3. The van der Waals surface area contributed by atoms with Crippen LogP contribution in [0.3, 0.4) is 0 Å². The number of amides is 2. The lowest BCUT2D eigenvalue weighted by Gasteiger charge is -2.14. The third kappa shape index (κ3) is 6.11. The van der Waals surface area contributed by atoms with E-state index in [0.29, 0.717) is 36.8 Å². The first-order valence-electron chi connectivity index (χ1n) is 11.0. The molecule has 2 amide bonds. The fourth-order valence-corrected chi connectivity index (χ4v) is 3.42. The highest BCUT2D eigenvalue weighted by Crippen LogP contribution is 2.20. The van der Waals surface area contributed by atoms with Crippen molar-refractivity contribution in [2.75, 3.05) is 27.2 Å². The summed E-state index contributed by atoms with van der Waals surface area (Å²) in [4.78, 5) is 32.0. The summed E-state index contributed by atoms with van der Waals surface area (Å²) >= 11 is 0. The Morgan fingerprint density at radius 1 is 1.06 bits per heavy atom. The number of carbonyl (C=O) groups is 2. The summed E-state index contributed by atoms with van der Waals surface area (Å²) in [7, 11) is 3.77. The van der Waals surface area contributed by atoms with E-state index in [1.165, 1.54) is 4.90 Å². The van der Waals surface area contributed by atoms with Crippen LogP contribution in [0.1, 0.15) is 22.7 Å². The molecule has 3 aromatic rings. The van der Waals surface area contributed by atoms with Gasteiger partial charge in [0.2, 0.25) is 5.89 Å². The van der Waals surface area contributed by atoms with Crippen molar-refractivity contribution in [3.63, 3.8) is 0 Å². The first-order valence-corrected chi connectivity index (χ1v) is 11.0. The van der Waals surface area contributed by atoms with Gasteiger partial charge in [-0.15, -0.1) is 0 Å². The Labute approximate surface area is 198 Å². The molecule has 1 fully saturated rings. The lowest BCUT2D eigenvalue weighted by atomic mass is 10.1. The molecule has 0 spiro atoms. The maximum Gasteiger partial charge on any atom is 0.417 e. The Morgan fingerprint density at radius 2 is 1.82 bits per heavy atom. The zero-order valence-electron chi connectivity index (χ0n) is 19.2. The number of ether oxygens (including phenoxy) is 2. The van der Waals surface area contributed by atoms with E-state index in [1.54, 1.807) is 6.26 Å². The second-order valence-corrected chi connectivity index (χ2v) is 8.22. The SMILES string of the molecule is CN(C)CCN1C(=O)OC(Cc2ccc(OCc3coc(C=Cc4ccccc4)n3)cc2)C1=O. The van der Waals surface area contributed by atoms with E-state index >= 15 is 0 Å². The van der Waals surface area contributed by atoms with E-state index in [0.717, 1.165) is 11.1 Å². The van der Waals surface area contributed by atoms with Crippen molar-refractivity contribution in [3.05, 3.63) is 83.6 Å². The van der Waals surface area contributed by atoms with Crippen molar-refractivity contribution >= 4 is 24.2 Å². The zero-order chi connectivity index (χ0) is 23.9. The van der Waals surface area contributed by atoms with Crippen molar-refractivity contribution in [1.82, 2.24) is 14.8 Å². The second-order valence-electron chi connectivity index (χ2n) is 8.22. The number of imide groups is 1. The van der Waals surface area contributed by atoms with Crippen LogP contribution in [0.15, 0.2) is 65.3 Å². The van der Waals surface area contributed by atoms with E-state index < -0.39 is 12.2 Å². The molecule has 2 aromatic carbocycles. The van der Waals surface area contributed by atoms with Crippen LogP contribution in [-0.2, 0) is 22.6 Å². The molecule has 34 heavy (non-hydrogen) atoms. The van der Waals surface area contributed by atoms with Crippen LogP contribution in [0.25, 0.3) is 12.2 Å². The number of rotatable bonds is 10. The molecule has 8 nitrogen and oxygen atoms in total. The quantitative estimate of drug-likeness (QED) is 0.453. The Morgan fingerprint density at radius 3 is 2.56 bits per heavy atom. The van der Waals surface area contributed by atoms with Crippen LogP contribution in [0.2, 0.25) is 0 Å². The standard InChI is InChI=1S/C26H27N3O5/c1-28(2)14-15-29-25(30)23(34-26(29)31)16-20-8-11-22(12-9-20)32-17-21-18-33-24(27-21)13-10-19-6-4-3-5-7-19/h3-13,18,23H,14-17H2,1-2H3. The highest BCUT2D eigenvalue weighted by atomic mass is 16.6. The number of aromatic nitrogens is 1. The predicted molar refractivity (Wildman–Crippen MR) is 127 cm³/mol. The Bertz CT molecular complexity index is 1140. The minimum absolute atomic E-state index is 0.265. The van der Waals surface area contributed by atoms with Crippen molar-refractivity contribution in [2.24, 2.45) is 0 Å². The van der Waals surface area contributed by atoms with Crippen molar-refractivity contribution in [2.45, 2.75) is 19.1 Å². The molecule has 1 aliphatic heterocycles. The number of hydrogen-bond acceptors (Lipinski definition) is 7. The fraction of sp³-hybridized carbons (Fsp3) is 0.269. The summed E-state index contributed by atoms with van der Waals surface area (Å²) in [5, 5.41) is 0. The lowest BCUT2D eigenvalue weighted by molar-refractivity contribution is -0.129. The third-order valence-corrected chi connectivity index (χ3v) is 5.29. The van der Waals surface area contributed by atoms with Gasteiger partial charge in [-0.05, 0) is 43.4 Å². The summed E-state index contributed by atoms with van der Waals surface area (Å²) in [6.45, 7) is 1.18. The van der Waals surface area contributed by atoms with Gasteiger partial charge in [0.25, 0.3) is 5.91 Å². The van der Waals surface area contributed by atoms with Gasteiger partial charge >= 0.3 is 6.09 Å². The van der Waals surface area contributed by atoms with E-state index in [9.17, 15) is 9.59 Å². The number of likely N-dealkylation sites (N-methyl/N-ethyl adjacent to an activating group) is 1. The van der Waals surface area contributed by atoms with Crippen molar-refractivity contribution in [1.29, 1.82) is 0 Å². The third-order valence-electron chi connectivity index (χ3n) is 5.29. The summed E-state index contributed by atoms with van der Waals surface area (Å²) in [5.41, 5.74) is 2.62. The number of benzene rings is 2. The normalized spacial score (nSPS) is 16.0. The molecule has 1 aliphatic rings. The lowest BCUT2D eigenvalue weighted by Crippen LogP contribution is -2.37. The summed E-state index contributed by atoms with van der Waals surface area (Å²) in [6.07, 6.45) is 4.27. The maximum atomic E-state index is 12.5. The van der Waals surface area contributed by atoms with E-state index in [1.807, 2.05) is 85.7 Å². The molecule has 1 aromatic heterocycles. The number of hydrogen-bond donors (Lipinski definition) is 0. The highest BCUT2D eigenvalue weighted by Gasteiger charge is 2.40. The van der Waals surface area contributed by atoms with Gasteiger partial charge in [0.15, 0.2) is 6.10 Å². The zero-order valence-corrected chi connectivity index (χ0v) is 19.2. The average Bonchev–Trinajstić information content (AvgIpc) is 3.40. The van der Waals surface area contributed by atoms with Gasteiger partial charge in [-0.1, -0.05) is 42.5 Å². The Kier molecular flexibility index (Phi) is 7.39. The van der Waals surface area contributed by atoms with E-state index in [4.69, 9.17) is 13.9 Å². The van der Waals surface area contributed by atoms with Gasteiger partial charge in [0.1, 0.15) is 24.3 Å². The van der Waals surface area contributed by atoms with Crippen LogP contribution in [-0.4, -0.2) is 60.1 Å². The molecule has 0 bridgehead atoms. The van der Waals surface area contributed by atoms with Gasteiger partial charge in [0.05, 0.1) is 0 Å². The molecule has 8 heteroatoms. The van der Waals surface area contributed by atoms with E-state index in [-0.39, 0.29) is 12.5 Å². The molecule has 1 unspecified atom stereocenters. The fourth-order valence-electron chi connectivity index (χ4n) is 3.42. The topological polar surface area (TPSA) is 85.1 Å². The van der Waals surface area contributed by atoms with Crippen LogP contribution >= 0.6 is 0 Å². The Balaban J connectivity index is 1.27. The van der Waals surface area contributed by atoms with Crippen LogP contribution in [0.4, 0.5) is 4.79 Å². The molecule has 4 rings (SSSR count). The minimum atomic E-state index is -0.793. The molecule has 2 heterocycles. The summed E-state index contributed by atoms with van der Waals surface area (Å²) in [5.74, 6) is 0.874. The molecule has 176 valence electrons. The van der Waals surface area contributed by atoms with Gasteiger partial charge in [-0.3, -0.25) is 4.79 Å². The second kappa shape index (κ2) is 10.8. The highest BCUT2D eigenvalue weighted by molar-refractivity contribution is 6.00. The van der Waals surface area contributed by atoms with Gasteiger partial charge in [-0.25, -0.2) is 14.7 Å². The van der Waals surface area contributed by atoms with Gasteiger partial charge in [0, 0.05) is 25.6 Å². The molecule has 1 saturated heterocycles. The van der Waals surface area contributed by atoms with E-state index in [2.05, 4.69) is 4.98 Å². The van der Waals surface area contributed by atoms with Crippen LogP contribution in [0.5, 0.6) is 5.75 Å². The van der Waals surface area contributed by atoms with Gasteiger partial charge in [-0.2, -0.15) is 0 Å². The number of oxazole rings is 1. The average molecular weight is 462 g/mol. The number of carbonyl (C=O) groups excluding carboxylic acids is 2. The summed E-state index contributed by atoms with van der Waals surface area (Å²) < 4.78 is 16.5.